The summed E-state index contributed by atoms with van der Waals surface area (Å²) in [4.78, 5) is 25.3. The van der Waals surface area contributed by atoms with Crippen molar-refractivity contribution in [1.82, 2.24) is 0 Å². The molecule has 5 nitrogen and oxygen atoms in total. The Morgan fingerprint density at radius 1 is 1.08 bits per heavy atom. The maximum atomic E-state index is 13.3. The summed E-state index contributed by atoms with van der Waals surface area (Å²) in [5.74, 6) is -0.655. The van der Waals surface area contributed by atoms with Crippen LogP contribution in [-0.4, -0.2) is 16.9 Å². The lowest BCUT2D eigenvalue weighted by molar-refractivity contribution is -0.384. The summed E-state index contributed by atoms with van der Waals surface area (Å²) < 4.78 is 13.3. The summed E-state index contributed by atoms with van der Waals surface area (Å²) in [5.41, 5.74) is 0.766. The highest BCUT2D eigenvalue weighted by molar-refractivity contribution is 6.06. The van der Waals surface area contributed by atoms with Gasteiger partial charge in [0.15, 0.2) is 0 Å². The standard InChI is InChI=1S/C19H19FN2O3/c20-15-9-11-17(12-10-15)21(16-6-2-1-3-7-16)19(23)14-5-4-8-18(13-14)22(24)25/h4-5,8-13,16H,1-3,6-7H2. The Morgan fingerprint density at radius 2 is 1.76 bits per heavy atom. The number of hydrogen-bond donors (Lipinski definition) is 0. The quantitative estimate of drug-likeness (QED) is 0.597. The summed E-state index contributed by atoms with van der Waals surface area (Å²) in [7, 11) is 0. The van der Waals surface area contributed by atoms with E-state index >= 15 is 0 Å². The van der Waals surface area contributed by atoms with Gasteiger partial charge in [-0.25, -0.2) is 4.39 Å². The van der Waals surface area contributed by atoms with E-state index in [0.29, 0.717) is 5.69 Å². The molecule has 1 amide bonds. The van der Waals surface area contributed by atoms with Gasteiger partial charge in [0.2, 0.25) is 0 Å². The molecule has 0 aliphatic heterocycles. The Kier molecular flexibility index (Phi) is 5.07. The highest BCUT2D eigenvalue weighted by Crippen LogP contribution is 2.29. The number of nitro benzene ring substituents is 1. The molecule has 0 unspecified atom stereocenters. The second-order valence-electron chi connectivity index (χ2n) is 6.25. The summed E-state index contributed by atoms with van der Waals surface area (Å²) in [6, 6.07) is 11.6. The second-order valence-corrected chi connectivity index (χ2v) is 6.25. The summed E-state index contributed by atoms with van der Waals surface area (Å²) in [6.45, 7) is 0. The SMILES string of the molecule is O=C(c1cccc([N+](=O)[O-])c1)N(c1ccc(F)cc1)C1CCCCC1. The zero-order valence-corrected chi connectivity index (χ0v) is 13.7. The fourth-order valence-corrected chi connectivity index (χ4v) is 3.33. The molecule has 130 valence electrons. The van der Waals surface area contributed by atoms with Gasteiger partial charge < -0.3 is 4.90 Å². The van der Waals surface area contributed by atoms with E-state index in [9.17, 15) is 19.3 Å². The second kappa shape index (κ2) is 7.42. The molecule has 0 radical (unpaired) electrons. The van der Waals surface area contributed by atoms with Crippen LogP contribution in [0.3, 0.4) is 0 Å². The molecule has 3 rings (SSSR count). The van der Waals surface area contributed by atoms with E-state index in [2.05, 4.69) is 0 Å². The van der Waals surface area contributed by atoms with Crippen LogP contribution in [0, 0.1) is 15.9 Å². The molecule has 2 aromatic carbocycles. The number of nitrogens with zero attached hydrogens (tertiary/aromatic N) is 2. The van der Waals surface area contributed by atoms with Gasteiger partial charge in [0.05, 0.1) is 4.92 Å². The third-order valence-corrected chi connectivity index (χ3v) is 4.57. The van der Waals surface area contributed by atoms with Crippen molar-refractivity contribution in [2.75, 3.05) is 4.90 Å². The number of halogens is 1. The van der Waals surface area contributed by atoms with Gasteiger partial charge in [-0.3, -0.25) is 14.9 Å². The molecule has 1 fully saturated rings. The Labute approximate surface area is 145 Å². The Balaban J connectivity index is 1.98. The number of benzene rings is 2. The molecule has 0 aromatic heterocycles. The van der Waals surface area contributed by atoms with E-state index < -0.39 is 4.92 Å². The molecule has 25 heavy (non-hydrogen) atoms. The lowest BCUT2D eigenvalue weighted by Gasteiger charge is -2.34. The third-order valence-electron chi connectivity index (χ3n) is 4.57. The van der Waals surface area contributed by atoms with Crippen molar-refractivity contribution in [3.05, 3.63) is 70.0 Å². The first-order valence-electron chi connectivity index (χ1n) is 8.40. The Bertz CT molecular complexity index is 770. The van der Waals surface area contributed by atoms with Crippen molar-refractivity contribution < 1.29 is 14.1 Å². The smallest absolute Gasteiger partial charge is 0.270 e. The van der Waals surface area contributed by atoms with Crippen molar-refractivity contribution in [2.24, 2.45) is 0 Å². The highest BCUT2D eigenvalue weighted by atomic mass is 19.1. The number of amides is 1. The maximum Gasteiger partial charge on any atom is 0.270 e. The van der Waals surface area contributed by atoms with Crippen molar-refractivity contribution in [3.63, 3.8) is 0 Å². The zero-order chi connectivity index (χ0) is 17.8. The van der Waals surface area contributed by atoms with Gasteiger partial charge in [-0.2, -0.15) is 0 Å². The molecule has 1 aliphatic rings. The van der Waals surface area contributed by atoms with Crippen LogP contribution in [0.1, 0.15) is 42.5 Å². The Morgan fingerprint density at radius 3 is 2.40 bits per heavy atom. The normalized spacial score (nSPS) is 14.9. The van der Waals surface area contributed by atoms with Gasteiger partial charge in [0.25, 0.3) is 11.6 Å². The Hall–Kier alpha value is -2.76. The van der Waals surface area contributed by atoms with Gasteiger partial charge in [-0.15, -0.1) is 0 Å². The van der Waals surface area contributed by atoms with Crippen LogP contribution in [0.4, 0.5) is 15.8 Å². The van der Waals surface area contributed by atoms with E-state index in [-0.39, 0.29) is 29.0 Å². The van der Waals surface area contributed by atoms with Crippen LogP contribution in [-0.2, 0) is 0 Å². The van der Waals surface area contributed by atoms with Gasteiger partial charge in [0.1, 0.15) is 5.82 Å². The predicted molar refractivity (Wildman–Crippen MR) is 93.2 cm³/mol. The van der Waals surface area contributed by atoms with Crippen molar-refractivity contribution >= 4 is 17.3 Å². The average Bonchev–Trinajstić information content (AvgIpc) is 2.64. The summed E-state index contributed by atoms with van der Waals surface area (Å²) in [5, 5.41) is 11.0. The molecule has 0 spiro atoms. The fraction of sp³-hybridized carbons (Fsp3) is 0.316. The van der Waals surface area contributed by atoms with E-state index in [0.717, 1.165) is 32.1 Å². The number of nitro groups is 1. The number of carbonyl (C=O) groups excluding carboxylic acids is 1. The molecule has 2 aromatic rings. The van der Waals surface area contributed by atoms with Crippen LogP contribution in [0.5, 0.6) is 0 Å². The molecule has 6 heteroatoms. The van der Waals surface area contributed by atoms with E-state index in [1.54, 1.807) is 23.1 Å². The van der Waals surface area contributed by atoms with Crippen LogP contribution < -0.4 is 4.90 Å². The number of rotatable bonds is 4. The molecule has 0 saturated heterocycles. The van der Waals surface area contributed by atoms with Crippen LogP contribution >= 0.6 is 0 Å². The number of hydrogen-bond acceptors (Lipinski definition) is 3. The molecule has 0 heterocycles. The average molecular weight is 342 g/mol. The van der Waals surface area contributed by atoms with Gasteiger partial charge in [-0.1, -0.05) is 25.3 Å². The number of carbonyl (C=O) groups is 1. The fourth-order valence-electron chi connectivity index (χ4n) is 3.33. The third kappa shape index (κ3) is 3.84. The monoisotopic (exact) mass is 342 g/mol. The van der Waals surface area contributed by atoms with Crippen LogP contribution in [0.15, 0.2) is 48.5 Å². The van der Waals surface area contributed by atoms with Crippen LogP contribution in [0.25, 0.3) is 0 Å². The largest absolute Gasteiger partial charge is 0.305 e. The summed E-state index contributed by atoms with van der Waals surface area (Å²) in [6.07, 6.45) is 4.95. The molecular weight excluding hydrogens is 323 g/mol. The zero-order valence-electron chi connectivity index (χ0n) is 13.7. The van der Waals surface area contributed by atoms with Crippen molar-refractivity contribution in [2.45, 2.75) is 38.1 Å². The first-order chi connectivity index (χ1) is 12.1. The molecular formula is C19H19FN2O3. The minimum atomic E-state index is -0.514. The molecule has 0 N–H and O–H groups in total. The van der Waals surface area contributed by atoms with Crippen LogP contribution in [0.2, 0.25) is 0 Å². The topological polar surface area (TPSA) is 63.4 Å². The highest BCUT2D eigenvalue weighted by Gasteiger charge is 2.28. The first kappa shape index (κ1) is 17.1. The maximum absolute atomic E-state index is 13.3. The predicted octanol–water partition coefficient (Wildman–Crippen LogP) is 4.71. The van der Waals surface area contributed by atoms with E-state index in [4.69, 9.17) is 0 Å². The van der Waals surface area contributed by atoms with Gasteiger partial charge in [0, 0.05) is 29.4 Å². The van der Waals surface area contributed by atoms with E-state index in [1.807, 2.05) is 0 Å². The van der Waals surface area contributed by atoms with E-state index in [1.165, 1.54) is 30.3 Å². The number of non-ortho nitro benzene ring substituents is 1. The molecule has 0 bridgehead atoms. The van der Waals surface area contributed by atoms with Crippen molar-refractivity contribution in [1.29, 1.82) is 0 Å². The summed E-state index contributed by atoms with van der Waals surface area (Å²) >= 11 is 0. The van der Waals surface area contributed by atoms with Crippen molar-refractivity contribution in [3.8, 4) is 0 Å². The number of anilines is 1. The molecule has 0 atom stereocenters. The van der Waals surface area contributed by atoms with Gasteiger partial charge in [-0.05, 0) is 43.2 Å². The minimum absolute atomic E-state index is 0.0194. The lowest BCUT2D eigenvalue weighted by atomic mass is 9.93. The lowest BCUT2D eigenvalue weighted by Crippen LogP contribution is -2.41. The minimum Gasteiger partial charge on any atom is -0.305 e. The first-order valence-corrected chi connectivity index (χ1v) is 8.40. The van der Waals surface area contributed by atoms with Gasteiger partial charge >= 0.3 is 0 Å². The molecule has 1 aliphatic carbocycles. The molecule has 1 saturated carbocycles.